The number of nitrogens with two attached hydrogens (primary N) is 1. The molecule has 0 unspecified atom stereocenters. The van der Waals surface area contributed by atoms with E-state index < -0.39 is 0 Å². The highest BCUT2D eigenvalue weighted by Gasteiger charge is 2.30. The zero-order valence-corrected chi connectivity index (χ0v) is 16.7. The van der Waals surface area contributed by atoms with E-state index in [2.05, 4.69) is 20.3 Å². The average molecular weight is 383 g/mol. The molecule has 2 aromatic rings. The number of pyridine rings is 1. The van der Waals surface area contributed by atoms with Crippen molar-refractivity contribution >= 4 is 23.2 Å². The number of hydrogen-bond acceptors (Lipinski definition) is 5. The summed E-state index contributed by atoms with van der Waals surface area (Å²) >= 11 is 0. The lowest BCUT2D eigenvalue weighted by molar-refractivity contribution is 0.0624. The Morgan fingerprint density at radius 1 is 1.50 bits per heavy atom. The summed E-state index contributed by atoms with van der Waals surface area (Å²) in [6.07, 6.45) is 9.30. The Balaban J connectivity index is 1.66. The van der Waals surface area contributed by atoms with E-state index in [4.69, 9.17) is 5.73 Å². The normalized spacial score (nSPS) is 20.7. The van der Waals surface area contributed by atoms with E-state index in [1.54, 1.807) is 25.7 Å². The van der Waals surface area contributed by atoms with Crippen LogP contribution in [0.15, 0.2) is 41.2 Å². The van der Waals surface area contributed by atoms with Crippen molar-refractivity contribution in [2.45, 2.75) is 44.7 Å². The van der Waals surface area contributed by atoms with E-state index in [-0.39, 0.29) is 11.9 Å². The largest absolute Gasteiger partial charge is 0.404 e. The average Bonchev–Trinajstić information content (AvgIpc) is 3.16. The van der Waals surface area contributed by atoms with Crippen LogP contribution in [0.1, 0.15) is 43.1 Å². The number of aromatic amines is 1. The van der Waals surface area contributed by atoms with Gasteiger partial charge in [0, 0.05) is 44.6 Å². The van der Waals surface area contributed by atoms with Crippen LogP contribution in [0.2, 0.25) is 0 Å². The fourth-order valence-corrected chi connectivity index (χ4v) is 4.00. The molecule has 0 radical (unpaired) electrons. The van der Waals surface area contributed by atoms with E-state index in [0.29, 0.717) is 24.8 Å². The van der Waals surface area contributed by atoms with Crippen molar-refractivity contribution in [1.29, 1.82) is 0 Å². The third-order valence-corrected chi connectivity index (χ3v) is 5.41. The molecule has 28 heavy (non-hydrogen) atoms. The van der Waals surface area contributed by atoms with Crippen LogP contribution in [0.4, 0.5) is 0 Å². The van der Waals surface area contributed by atoms with Crippen LogP contribution in [0, 0.1) is 0 Å². The lowest BCUT2D eigenvalue weighted by Crippen LogP contribution is -2.47. The van der Waals surface area contributed by atoms with Gasteiger partial charge in [-0.05, 0) is 62.6 Å². The van der Waals surface area contributed by atoms with E-state index in [0.717, 1.165) is 42.3 Å². The van der Waals surface area contributed by atoms with Gasteiger partial charge >= 0.3 is 0 Å². The molecule has 3 rings (SSSR count). The molecular weight excluding hydrogens is 352 g/mol. The second-order valence-electron chi connectivity index (χ2n) is 7.24. The Kier molecular flexibility index (Phi) is 6.81. The quantitative estimate of drug-likeness (QED) is 0.641. The molecule has 0 bridgehead atoms. The minimum Gasteiger partial charge on any atom is -0.404 e. The molecule has 0 spiro atoms. The Bertz CT molecular complexity index is 822. The lowest BCUT2D eigenvalue weighted by Gasteiger charge is -2.37. The van der Waals surface area contributed by atoms with E-state index in [1.165, 1.54) is 0 Å². The van der Waals surface area contributed by atoms with Crippen LogP contribution in [0.25, 0.3) is 11.0 Å². The number of carbonyl (C=O) groups excluding carboxylic acids is 1. The number of carbonyl (C=O) groups is 1. The maximum Gasteiger partial charge on any atom is 0.270 e. The third-order valence-electron chi connectivity index (χ3n) is 5.41. The standard InChI is InChI=1S/C21H30N6O/c1-3-27(21(28)20-11-19-18(26-20)8-5-9-24-19)17-7-4-6-16(10-17)25-14-15(12-22)13-23-2/h5,8-9,11-13,16-17,25-26H,3-4,6-7,10,14,22H2,1-2H3/t16-,17+/m1/s1. The fourth-order valence-electron chi connectivity index (χ4n) is 4.00. The monoisotopic (exact) mass is 382 g/mol. The Morgan fingerprint density at radius 3 is 3.07 bits per heavy atom. The summed E-state index contributed by atoms with van der Waals surface area (Å²) in [6.45, 7) is 3.43. The molecule has 150 valence electrons. The molecule has 4 N–H and O–H groups in total. The predicted octanol–water partition coefficient (Wildman–Crippen LogP) is 2.47. The van der Waals surface area contributed by atoms with Crippen molar-refractivity contribution < 1.29 is 4.79 Å². The van der Waals surface area contributed by atoms with E-state index >= 15 is 0 Å². The Hall–Kier alpha value is -2.67. The second kappa shape index (κ2) is 9.50. The molecule has 1 fully saturated rings. The summed E-state index contributed by atoms with van der Waals surface area (Å²) in [7, 11) is 1.74. The first kappa shape index (κ1) is 20.1. The SMILES string of the molecule is CCN(C(=O)c1cc2ncccc2[nH]1)[C@H]1CCC[C@@H](NCC(C=NC)=CN)C1. The van der Waals surface area contributed by atoms with Crippen LogP contribution in [-0.2, 0) is 0 Å². The van der Waals surface area contributed by atoms with E-state index in [1.807, 2.05) is 30.0 Å². The highest BCUT2D eigenvalue weighted by atomic mass is 16.2. The zero-order valence-electron chi connectivity index (χ0n) is 16.7. The molecule has 7 nitrogen and oxygen atoms in total. The van der Waals surface area contributed by atoms with Crippen LogP contribution in [0.3, 0.4) is 0 Å². The molecule has 2 heterocycles. The van der Waals surface area contributed by atoms with Crippen molar-refractivity contribution in [2.24, 2.45) is 10.7 Å². The Morgan fingerprint density at radius 2 is 2.36 bits per heavy atom. The van der Waals surface area contributed by atoms with Gasteiger partial charge in [0.15, 0.2) is 0 Å². The van der Waals surface area contributed by atoms with Gasteiger partial charge in [0.1, 0.15) is 5.69 Å². The molecule has 1 amide bonds. The van der Waals surface area contributed by atoms with Crippen LogP contribution >= 0.6 is 0 Å². The zero-order chi connectivity index (χ0) is 19.9. The first-order chi connectivity index (χ1) is 13.7. The number of hydrogen-bond donors (Lipinski definition) is 3. The number of aliphatic imine (C=N–C) groups is 1. The van der Waals surface area contributed by atoms with Crippen LogP contribution in [-0.4, -0.2) is 59.2 Å². The maximum atomic E-state index is 13.2. The molecule has 0 aliphatic heterocycles. The summed E-state index contributed by atoms with van der Waals surface area (Å²) < 4.78 is 0. The van der Waals surface area contributed by atoms with Gasteiger partial charge in [-0.25, -0.2) is 0 Å². The molecule has 2 aromatic heterocycles. The van der Waals surface area contributed by atoms with Crippen molar-refractivity contribution in [3.8, 4) is 0 Å². The number of amides is 1. The number of fused-ring (bicyclic) bond motifs is 1. The molecule has 0 aromatic carbocycles. The number of nitrogens with zero attached hydrogens (tertiary/aromatic N) is 3. The van der Waals surface area contributed by atoms with Gasteiger partial charge in [-0.15, -0.1) is 0 Å². The summed E-state index contributed by atoms with van der Waals surface area (Å²) in [5.41, 5.74) is 8.95. The number of rotatable bonds is 7. The highest BCUT2D eigenvalue weighted by Crippen LogP contribution is 2.25. The summed E-state index contributed by atoms with van der Waals surface area (Å²) in [5.74, 6) is 0.0480. The summed E-state index contributed by atoms with van der Waals surface area (Å²) in [4.78, 5) is 26.7. The van der Waals surface area contributed by atoms with Crippen molar-refractivity contribution in [1.82, 2.24) is 20.2 Å². The van der Waals surface area contributed by atoms with Crippen molar-refractivity contribution in [3.63, 3.8) is 0 Å². The fraction of sp³-hybridized carbons (Fsp3) is 0.476. The summed E-state index contributed by atoms with van der Waals surface area (Å²) in [6, 6.07) is 6.26. The molecule has 7 heteroatoms. The van der Waals surface area contributed by atoms with Gasteiger partial charge in [-0.1, -0.05) is 0 Å². The van der Waals surface area contributed by atoms with Gasteiger partial charge < -0.3 is 20.9 Å². The maximum absolute atomic E-state index is 13.2. The molecule has 0 saturated heterocycles. The molecular formula is C21H30N6O. The molecule has 1 aliphatic rings. The first-order valence-corrected chi connectivity index (χ1v) is 9.97. The molecule has 2 atom stereocenters. The van der Waals surface area contributed by atoms with Crippen LogP contribution < -0.4 is 11.1 Å². The minimum atomic E-state index is 0.0480. The molecule has 1 aliphatic carbocycles. The first-order valence-electron chi connectivity index (χ1n) is 9.97. The third kappa shape index (κ3) is 4.59. The highest BCUT2D eigenvalue weighted by molar-refractivity contribution is 5.97. The lowest BCUT2D eigenvalue weighted by atomic mass is 9.89. The second-order valence-corrected chi connectivity index (χ2v) is 7.24. The minimum absolute atomic E-state index is 0.0480. The van der Waals surface area contributed by atoms with Gasteiger partial charge in [0.2, 0.25) is 0 Å². The van der Waals surface area contributed by atoms with Gasteiger partial charge in [0.05, 0.1) is 11.0 Å². The van der Waals surface area contributed by atoms with E-state index in [9.17, 15) is 4.79 Å². The number of nitrogens with one attached hydrogen (secondary N) is 2. The smallest absolute Gasteiger partial charge is 0.270 e. The van der Waals surface area contributed by atoms with Gasteiger partial charge in [-0.2, -0.15) is 0 Å². The Labute approximate surface area is 166 Å². The molecule has 1 saturated carbocycles. The van der Waals surface area contributed by atoms with Crippen molar-refractivity contribution in [3.05, 3.63) is 41.9 Å². The van der Waals surface area contributed by atoms with Crippen LogP contribution in [0.5, 0.6) is 0 Å². The van der Waals surface area contributed by atoms with Gasteiger partial charge in [0.25, 0.3) is 5.91 Å². The number of H-pyrrole nitrogens is 1. The summed E-state index contributed by atoms with van der Waals surface area (Å²) in [5, 5.41) is 3.57. The van der Waals surface area contributed by atoms with Gasteiger partial charge in [-0.3, -0.25) is 14.8 Å². The topological polar surface area (TPSA) is 99.4 Å². The predicted molar refractivity (Wildman–Crippen MR) is 114 cm³/mol. The number of aromatic nitrogens is 2. The van der Waals surface area contributed by atoms with Crippen molar-refractivity contribution in [2.75, 3.05) is 20.1 Å².